The third-order valence-corrected chi connectivity index (χ3v) is 4.02. The van der Waals surface area contributed by atoms with Crippen LogP contribution in [-0.4, -0.2) is 12.4 Å². The molecule has 0 bridgehead atoms. The van der Waals surface area contributed by atoms with Crippen LogP contribution in [0.3, 0.4) is 0 Å². The number of rotatable bonds is 4. The van der Waals surface area contributed by atoms with Gasteiger partial charge < -0.3 is 4.74 Å². The van der Waals surface area contributed by atoms with E-state index in [2.05, 4.69) is 15.9 Å². The number of hydrogen-bond donors (Lipinski definition) is 0. The lowest BCUT2D eigenvalue weighted by Gasteiger charge is -2.09. The van der Waals surface area contributed by atoms with E-state index in [9.17, 15) is 9.18 Å². The monoisotopic (exact) mass is 410 g/mol. The van der Waals surface area contributed by atoms with E-state index in [1.165, 1.54) is 18.2 Å². The first-order valence-electron chi connectivity index (χ1n) is 5.64. The first-order chi connectivity index (χ1) is 9.88. The lowest BCUT2D eigenvalue weighted by atomic mass is 10.1. The molecule has 0 radical (unpaired) electrons. The molecule has 0 fully saturated rings. The van der Waals surface area contributed by atoms with E-state index in [4.69, 9.17) is 39.5 Å². The minimum absolute atomic E-state index is 0.0405. The van der Waals surface area contributed by atoms with Gasteiger partial charge in [-0.15, -0.1) is 0 Å². The zero-order chi connectivity index (χ0) is 15.6. The van der Waals surface area contributed by atoms with Crippen LogP contribution < -0.4 is 4.74 Å². The fourth-order valence-electron chi connectivity index (χ4n) is 1.55. The average Bonchev–Trinajstić information content (AvgIpc) is 2.41. The predicted octanol–water partition coefficient (Wildman–Crippen LogP) is 5.81. The molecule has 0 heterocycles. The Hall–Kier alpha value is -0.810. The summed E-state index contributed by atoms with van der Waals surface area (Å²) >= 11 is 20.5. The second kappa shape index (κ2) is 6.97. The predicted molar refractivity (Wildman–Crippen MR) is 85.4 cm³/mol. The fraction of sp³-hybridized carbons (Fsp3) is 0.0714. The van der Waals surface area contributed by atoms with Crippen LogP contribution in [0.25, 0.3) is 0 Å². The Bertz CT molecular complexity index is 707. The molecule has 0 aliphatic rings. The summed E-state index contributed by atoms with van der Waals surface area (Å²) in [6, 6.07) is 6.98. The number of halogens is 5. The number of carbonyl (C=O) groups is 1. The number of hydrogen-bond acceptors (Lipinski definition) is 2. The van der Waals surface area contributed by atoms with Gasteiger partial charge in [-0.2, -0.15) is 0 Å². The van der Waals surface area contributed by atoms with Gasteiger partial charge in [0.1, 0.15) is 11.6 Å². The summed E-state index contributed by atoms with van der Waals surface area (Å²) in [5.41, 5.74) is 0.284. The normalized spacial score (nSPS) is 10.5. The smallest absolute Gasteiger partial charge is 0.201 e. The van der Waals surface area contributed by atoms with E-state index >= 15 is 0 Å². The summed E-state index contributed by atoms with van der Waals surface area (Å²) in [6.45, 7) is -0.291. The molecule has 0 amide bonds. The fourth-order valence-corrected chi connectivity index (χ4v) is 2.82. The van der Waals surface area contributed by atoms with E-state index < -0.39 is 5.82 Å². The molecule has 0 aliphatic heterocycles. The van der Waals surface area contributed by atoms with Gasteiger partial charge in [0, 0.05) is 16.7 Å². The lowest BCUT2D eigenvalue weighted by Crippen LogP contribution is -2.12. The van der Waals surface area contributed by atoms with Gasteiger partial charge in [-0.1, -0.05) is 34.8 Å². The molecule has 7 heteroatoms. The summed E-state index contributed by atoms with van der Waals surface area (Å²) < 4.78 is 19.1. The molecule has 0 aliphatic carbocycles. The Balaban J connectivity index is 2.13. The molecule has 0 aromatic heterocycles. The van der Waals surface area contributed by atoms with Crippen molar-refractivity contribution in [3.05, 3.63) is 61.3 Å². The molecule has 2 aromatic carbocycles. The summed E-state index contributed by atoms with van der Waals surface area (Å²) in [6.07, 6.45) is 0. The van der Waals surface area contributed by atoms with Crippen molar-refractivity contribution in [3.63, 3.8) is 0 Å². The van der Waals surface area contributed by atoms with E-state index in [0.29, 0.717) is 9.50 Å². The van der Waals surface area contributed by atoms with Gasteiger partial charge in [-0.3, -0.25) is 4.79 Å². The van der Waals surface area contributed by atoms with Crippen molar-refractivity contribution >= 4 is 56.5 Å². The van der Waals surface area contributed by atoms with Crippen molar-refractivity contribution in [2.24, 2.45) is 0 Å². The van der Waals surface area contributed by atoms with Crippen molar-refractivity contribution in [2.75, 3.05) is 6.61 Å². The molecule has 2 aromatic rings. The largest absolute Gasteiger partial charge is 0.484 e. The lowest BCUT2D eigenvalue weighted by molar-refractivity contribution is 0.0921. The Kier molecular flexibility index (Phi) is 5.49. The number of ether oxygens (including phenoxy) is 1. The summed E-state index contributed by atoms with van der Waals surface area (Å²) in [5.74, 6) is -0.805. The molecule has 0 spiro atoms. The molecule has 110 valence electrons. The summed E-state index contributed by atoms with van der Waals surface area (Å²) in [4.78, 5) is 12.0. The first-order valence-corrected chi connectivity index (χ1v) is 7.57. The van der Waals surface area contributed by atoms with Gasteiger partial charge in [0.15, 0.2) is 6.61 Å². The Labute approximate surface area is 143 Å². The third-order valence-electron chi connectivity index (χ3n) is 2.57. The average molecular weight is 412 g/mol. The van der Waals surface area contributed by atoms with Gasteiger partial charge in [-0.25, -0.2) is 4.39 Å². The molecule has 2 nitrogen and oxygen atoms in total. The van der Waals surface area contributed by atoms with E-state index in [0.717, 1.165) is 6.07 Å². The van der Waals surface area contributed by atoms with Crippen LogP contribution in [0.15, 0.2) is 34.8 Å². The minimum atomic E-state index is -0.633. The van der Waals surface area contributed by atoms with Crippen LogP contribution in [0, 0.1) is 5.82 Å². The Morgan fingerprint density at radius 2 is 1.86 bits per heavy atom. The minimum Gasteiger partial charge on any atom is -0.484 e. The molecule has 0 saturated carbocycles. The van der Waals surface area contributed by atoms with Gasteiger partial charge in [-0.05, 0) is 40.2 Å². The molecule has 2 rings (SSSR count). The summed E-state index contributed by atoms with van der Waals surface area (Å²) in [7, 11) is 0. The molecule has 0 atom stereocenters. The van der Waals surface area contributed by atoms with Crippen LogP contribution in [0.5, 0.6) is 5.75 Å². The number of Topliss-reactive ketones (excluding diaryl/α,β-unsaturated/α-hetero) is 1. The van der Waals surface area contributed by atoms with E-state index in [-0.39, 0.29) is 33.7 Å². The van der Waals surface area contributed by atoms with E-state index in [1.807, 2.05) is 0 Å². The molecule has 0 unspecified atom stereocenters. The van der Waals surface area contributed by atoms with Gasteiger partial charge in [0.05, 0.1) is 14.5 Å². The van der Waals surface area contributed by atoms with Crippen molar-refractivity contribution in [3.8, 4) is 5.75 Å². The highest BCUT2D eigenvalue weighted by Crippen LogP contribution is 2.31. The van der Waals surface area contributed by atoms with Crippen molar-refractivity contribution in [2.45, 2.75) is 0 Å². The standard InChI is InChI=1S/C14H7BrCl3FO2/c15-9-4-11(18)12(19)5-14(9)21-6-13(20)8-2-1-7(16)3-10(8)17/h1-5H,6H2. The van der Waals surface area contributed by atoms with Crippen LogP contribution in [0.2, 0.25) is 15.1 Å². The second-order valence-corrected chi connectivity index (χ2v) is 6.14. The zero-order valence-electron chi connectivity index (χ0n) is 10.3. The SMILES string of the molecule is O=C(COc1cc(F)c(Cl)cc1Br)c1ccc(Cl)cc1Cl. The number of carbonyl (C=O) groups excluding carboxylic acids is 1. The van der Waals surface area contributed by atoms with Crippen molar-refractivity contribution < 1.29 is 13.9 Å². The van der Waals surface area contributed by atoms with Gasteiger partial charge in [0.2, 0.25) is 5.78 Å². The maximum absolute atomic E-state index is 13.4. The van der Waals surface area contributed by atoms with Gasteiger partial charge in [0.25, 0.3) is 0 Å². The van der Waals surface area contributed by atoms with E-state index in [1.54, 1.807) is 6.07 Å². The maximum atomic E-state index is 13.4. The quantitative estimate of drug-likeness (QED) is 0.468. The molecule has 0 saturated heterocycles. The number of ketones is 1. The first kappa shape index (κ1) is 16.6. The number of benzene rings is 2. The van der Waals surface area contributed by atoms with Crippen LogP contribution in [-0.2, 0) is 0 Å². The topological polar surface area (TPSA) is 26.3 Å². The van der Waals surface area contributed by atoms with Crippen molar-refractivity contribution in [1.29, 1.82) is 0 Å². The second-order valence-electron chi connectivity index (χ2n) is 4.03. The highest BCUT2D eigenvalue weighted by atomic mass is 79.9. The molecular formula is C14H7BrCl3FO2. The Morgan fingerprint density at radius 3 is 2.52 bits per heavy atom. The third kappa shape index (κ3) is 4.10. The highest BCUT2D eigenvalue weighted by molar-refractivity contribution is 9.10. The van der Waals surface area contributed by atoms with Crippen molar-refractivity contribution in [1.82, 2.24) is 0 Å². The van der Waals surface area contributed by atoms with Crippen LogP contribution >= 0.6 is 50.7 Å². The maximum Gasteiger partial charge on any atom is 0.201 e. The highest BCUT2D eigenvalue weighted by Gasteiger charge is 2.14. The zero-order valence-corrected chi connectivity index (χ0v) is 14.2. The molecule has 0 N–H and O–H groups in total. The van der Waals surface area contributed by atoms with Crippen LogP contribution in [0.4, 0.5) is 4.39 Å². The Morgan fingerprint density at radius 1 is 1.14 bits per heavy atom. The summed E-state index contributed by atoms with van der Waals surface area (Å²) in [5, 5.41) is 0.624. The molecule has 21 heavy (non-hydrogen) atoms. The molecular weight excluding hydrogens is 405 g/mol. The van der Waals surface area contributed by atoms with Gasteiger partial charge >= 0.3 is 0 Å². The van der Waals surface area contributed by atoms with Crippen LogP contribution in [0.1, 0.15) is 10.4 Å².